The van der Waals surface area contributed by atoms with Crippen molar-refractivity contribution < 1.29 is 13.9 Å². The third-order valence-corrected chi connectivity index (χ3v) is 4.23. The number of nitriles is 1. The van der Waals surface area contributed by atoms with Crippen LogP contribution in [0.2, 0.25) is 0 Å². The van der Waals surface area contributed by atoms with Gasteiger partial charge in [0.25, 0.3) is 0 Å². The SMILES string of the molecule is COc1cc(C=Nc2oc(C)c(C)c2C#N)ccc1OCc1ccccc1. The van der Waals surface area contributed by atoms with Gasteiger partial charge in [0.05, 0.1) is 7.11 Å². The maximum absolute atomic E-state index is 9.26. The first-order valence-electron chi connectivity index (χ1n) is 8.51. The van der Waals surface area contributed by atoms with Gasteiger partial charge in [0, 0.05) is 11.8 Å². The largest absolute Gasteiger partial charge is 0.493 e. The van der Waals surface area contributed by atoms with E-state index in [4.69, 9.17) is 13.9 Å². The molecule has 0 bridgehead atoms. The van der Waals surface area contributed by atoms with Gasteiger partial charge in [-0.25, -0.2) is 4.99 Å². The van der Waals surface area contributed by atoms with Crippen LogP contribution < -0.4 is 9.47 Å². The lowest BCUT2D eigenvalue weighted by molar-refractivity contribution is 0.284. The zero-order valence-electron chi connectivity index (χ0n) is 15.5. The van der Waals surface area contributed by atoms with E-state index < -0.39 is 0 Å². The molecule has 5 heteroatoms. The molecule has 0 fully saturated rings. The summed E-state index contributed by atoms with van der Waals surface area (Å²) in [6, 6.07) is 17.6. The third-order valence-electron chi connectivity index (χ3n) is 4.23. The van der Waals surface area contributed by atoms with Crippen molar-refractivity contribution >= 4 is 12.1 Å². The number of rotatable bonds is 6. The van der Waals surface area contributed by atoms with Crippen LogP contribution in [0.3, 0.4) is 0 Å². The Morgan fingerprint density at radius 1 is 1.11 bits per heavy atom. The Balaban J connectivity index is 1.78. The van der Waals surface area contributed by atoms with Gasteiger partial charge in [-0.2, -0.15) is 5.26 Å². The van der Waals surface area contributed by atoms with Crippen molar-refractivity contribution in [2.75, 3.05) is 7.11 Å². The van der Waals surface area contributed by atoms with E-state index in [1.54, 1.807) is 13.3 Å². The molecule has 3 aromatic rings. The van der Waals surface area contributed by atoms with Crippen molar-refractivity contribution in [1.82, 2.24) is 0 Å². The second kappa shape index (κ2) is 8.24. The number of aryl methyl sites for hydroxylation is 1. The van der Waals surface area contributed by atoms with Gasteiger partial charge in [-0.3, -0.25) is 0 Å². The van der Waals surface area contributed by atoms with Crippen molar-refractivity contribution in [3.05, 3.63) is 76.5 Å². The highest BCUT2D eigenvalue weighted by molar-refractivity contribution is 5.83. The summed E-state index contributed by atoms with van der Waals surface area (Å²) in [5, 5.41) is 9.26. The Morgan fingerprint density at radius 3 is 2.59 bits per heavy atom. The molecule has 0 unspecified atom stereocenters. The van der Waals surface area contributed by atoms with E-state index >= 15 is 0 Å². The summed E-state index contributed by atoms with van der Waals surface area (Å²) in [4.78, 5) is 4.32. The minimum absolute atomic E-state index is 0.316. The van der Waals surface area contributed by atoms with Crippen LogP contribution >= 0.6 is 0 Å². The molecule has 3 rings (SSSR count). The van der Waals surface area contributed by atoms with Crippen molar-refractivity contribution in [1.29, 1.82) is 5.26 Å². The van der Waals surface area contributed by atoms with Crippen LogP contribution in [0, 0.1) is 25.2 Å². The summed E-state index contributed by atoms with van der Waals surface area (Å²) < 4.78 is 16.8. The molecule has 27 heavy (non-hydrogen) atoms. The monoisotopic (exact) mass is 360 g/mol. The van der Waals surface area contributed by atoms with Gasteiger partial charge in [-0.15, -0.1) is 0 Å². The number of hydrogen-bond acceptors (Lipinski definition) is 5. The van der Waals surface area contributed by atoms with Gasteiger partial charge in [0.15, 0.2) is 11.5 Å². The first kappa shape index (κ1) is 18.3. The van der Waals surface area contributed by atoms with E-state index in [9.17, 15) is 5.26 Å². The number of methoxy groups -OCH3 is 1. The van der Waals surface area contributed by atoms with Gasteiger partial charge < -0.3 is 13.9 Å². The lowest BCUT2D eigenvalue weighted by Crippen LogP contribution is -1.98. The Bertz CT molecular complexity index is 998. The molecule has 1 aromatic heterocycles. The molecular weight excluding hydrogens is 340 g/mol. The molecule has 0 atom stereocenters. The molecule has 0 saturated heterocycles. The molecule has 1 heterocycles. The van der Waals surface area contributed by atoms with E-state index in [2.05, 4.69) is 11.1 Å². The Hall–Kier alpha value is -3.52. The minimum atomic E-state index is 0.316. The van der Waals surface area contributed by atoms with Crippen molar-refractivity contribution in [2.45, 2.75) is 20.5 Å². The molecule has 0 aliphatic rings. The molecule has 0 N–H and O–H groups in total. The maximum Gasteiger partial charge on any atom is 0.237 e. The second-order valence-electron chi connectivity index (χ2n) is 6.02. The first-order valence-corrected chi connectivity index (χ1v) is 8.51. The van der Waals surface area contributed by atoms with Crippen molar-refractivity contribution in [3.8, 4) is 17.6 Å². The van der Waals surface area contributed by atoms with Crippen LogP contribution in [0.25, 0.3) is 0 Å². The first-order chi connectivity index (χ1) is 13.1. The lowest BCUT2D eigenvalue weighted by atomic mass is 10.2. The van der Waals surface area contributed by atoms with Gasteiger partial charge in [0.1, 0.15) is 24.0 Å². The number of aliphatic imine (C=N–C) groups is 1. The zero-order valence-corrected chi connectivity index (χ0v) is 15.5. The second-order valence-corrected chi connectivity index (χ2v) is 6.02. The number of hydrogen-bond donors (Lipinski definition) is 0. The molecule has 0 radical (unpaired) electrons. The predicted octanol–water partition coefficient (Wildman–Crippen LogP) is 5.11. The average molecular weight is 360 g/mol. The van der Waals surface area contributed by atoms with E-state index in [0.717, 1.165) is 16.7 Å². The number of furan rings is 1. The Kier molecular flexibility index (Phi) is 5.58. The lowest BCUT2D eigenvalue weighted by Gasteiger charge is -2.11. The quantitative estimate of drug-likeness (QED) is 0.573. The molecular formula is C22H20N2O3. The van der Waals surface area contributed by atoms with Gasteiger partial charge in [-0.1, -0.05) is 30.3 Å². The van der Waals surface area contributed by atoms with Crippen LogP contribution in [0.1, 0.15) is 28.0 Å². The summed E-state index contributed by atoms with van der Waals surface area (Å²) in [6.45, 7) is 4.12. The van der Waals surface area contributed by atoms with Crippen molar-refractivity contribution in [2.24, 2.45) is 4.99 Å². The Labute approximate surface area is 158 Å². The number of nitrogens with zero attached hydrogens (tertiary/aromatic N) is 2. The standard InChI is InChI=1S/C22H20N2O3/c1-15-16(2)27-22(19(15)12-23)24-13-18-9-10-20(21(11-18)25-3)26-14-17-7-5-4-6-8-17/h4-11,13H,14H2,1-3H3. The van der Waals surface area contributed by atoms with E-state index in [0.29, 0.717) is 35.3 Å². The van der Waals surface area contributed by atoms with Gasteiger partial charge >= 0.3 is 0 Å². The van der Waals surface area contributed by atoms with E-state index in [1.165, 1.54) is 0 Å². The minimum Gasteiger partial charge on any atom is -0.493 e. The molecule has 0 aliphatic carbocycles. The zero-order chi connectivity index (χ0) is 19.2. The van der Waals surface area contributed by atoms with E-state index in [1.807, 2.05) is 62.4 Å². The van der Waals surface area contributed by atoms with Crippen LogP contribution in [-0.4, -0.2) is 13.3 Å². The fraction of sp³-hybridized carbons (Fsp3) is 0.182. The summed E-state index contributed by atoms with van der Waals surface area (Å²) in [5.74, 6) is 2.28. The molecule has 136 valence electrons. The fourth-order valence-corrected chi connectivity index (χ4v) is 2.58. The summed E-state index contributed by atoms with van der Waals surface area (Å²) in [5.41, 5.74) is 3.16. The molecule has 0 amide bonds. The molecule has 0 saturated carbocycles. The van der Waals surface area contributed by atoms with Crippen molar-refractivity contribution in [3.63, 3.8) is 0 Å². The van der Waals surface area contributed by atoms with Crippen LogP contribution in [0.4, 0.5) is 5.88 Å². The number of benzene rings is 2. The number of ether oxygens (including phenoxy) is 2. The fourth-order valence-electron chi connectivity index (χ4n) is 2.58. The molecule has 2 aromatic carbocycles. The van der Waals surface area contributed by atoms with E-state index in [-0.39, 0.29) is 0 Å². The summed E-state index contributed by atoms with van der Waals surface area (Å²) >= 11 is 0. The molecule has 5 nitrogen and oxygen atoms in total. The summed E-state index contributed by atoms with van der Waals surface area (Å²) in [6.07, 6.45) is 1.64. The summed E-state index contributed by atoms with van der Waals surface area (Å²) in [7, 11) is 1.60. The normalized spacial score (nSPS) is 10.7. The molecule has 0 aliphatic heterocycles. The molecule has 0 spiro atoms. The van der Waals surface area contributed by atoms with Gasteiger partial charge in [-0.05, 0) is 43.2 Å². The van der Waals surface area contributed by atoms with Gasteiger partial charge in [0.2, 0.25) is 5.88 Å². The highest BCUT2D eigenvalue weighted by Crippen LogP contribution is 2.30. The van der Waals surface area contributed by atoms with Crippen LogP contribution in [0.5, 0.6) is 11.5 Å². The van der Waals surface area contributed by atoms with Crippen LogP contribution in [0.15, 0.2) is 57.9 Å². The Morgan fingerprint density at radius 2 is 1.89 bits per heavy atom. The highest BCUT2D eigenvalue weighted by Gasteiger charge is 2.13. The maximum atomic E-state index is 9.26. The predicted molar refractivity (Wildman–Crippen MR) is 104 cm³/mol. The average Bonchev–Trinajstić information content (AvgIpc) is 2.98. The van der Waals surface area contributed by atoms with Crippen LogP contribution in [-0.2, 0) is 6.61 Å². The third kappa shape index (κ3) is 4.18. The highest BCUT2D eigenvalue weighted by atomic mass is 16.5. The topological polar surface area (TPSA) is 67.8 Å². The smallest absolute Gasteiger partial charge is 0.237 e.